The third-order valence-electron chi connectivity index (χ3n) is 5.05. The van der Waals surface area contributed by atoms with E-state index < -0.39 is 0 Å². The van der Waals surface area contributed by atoms with E-state index in [0.29, 0.717) is 11.9 Å². The minimum absolute atomic E-state index is 0.130. The molecule has 1 amide bonds. The van der Waals surface area contributed by atoms with Gasteiger partial charge in [0, 0.05) is 23.7 Å². The molecule has 0 saturated heterocycles. The van der Waals surface area contributed by atoms with Crippen LogP contribution < -0.4 is 5.73 Å². The van der Waals surface area contributed by atoms with Gasteiger partial charge in [-0.05, 0) is 43.4 Å². The highest BCUT2D eigenvalue weighted by molar-refractivity contribution is 5.83. The van der Waals surface area contributed by atoms with Crippen LogP contribution in [0.25, 0.3) is 0 Å². The molecular weight excluding hydrogens is 260 g/mol. The van der Waals surface area contributed by atoms with Crippen molar-refractivity contribution in [2.24, 2.45) is 5.41 Å². The van der Waals surface area contributed by atoms with Crippen LogP contribution in [0, 0.1) is 5.41 Å². The fourth-order valence-corrected chi connectivity index (χ4v) is 3.47. The van der Waals surface area contributed by atoms with Gasteiger partial charge >= 0.3 is 0 Å². The molecule has 21 heavy (non-hydrogen) atoms. The van der Waals surface area contributed by atoms with Crippen molar-refractivity contribution in [1.82, 2.24) is 4.90 Å². The Morgan fingerprint density at radius 1 is 1.19 bits per heavy atom. The number of amides is 1. The summed E-state index contributed by atoms with van der Waals surface area (Å²) in [4.78, 5) is 15.2. The summed E-state index contributed by atoms with van der Waals surface area (Å²) in [6.07, 6.45) is 8.11. The van der Waals surface area contributed by atoms with Crippen molar-refractivity contribution < 1.29 is 4.79 Å². The SMILES string of the molecule is CC1(C(=O)N(Cc2ccc(N)cc2)C2CC2)CCCCC1. The maximum absolute atomic E-state index is 13.1. The van der Waals surface area contributed by atoms with E-state index in [-0.39, 0.29) is 5.41 Å². The third kappa shape index (κ3) is 3.22. The predicted molar refractivity (Wildman–Crippen MR) is 85.6 cm³/mol. The summed E-state index contributed by atoms with van der Waals surface area (Å²) in [6, 6.07) is 8.40. The lowest BCUT2D eigenvalue weighted by atomic mass is 9.74. The molecule has 114 valence electrons. The number of hydrogen-bond acceptors (Lipinski definition) is 2. The molecule has 0 radical (unpaired) electrons. The quantitative estimate of drug-likeness (QED) is 0.857. The summed E-state index contributed by atoms with van der Waals surface area (Å²) in [7, 11) is 0. The van der Waals surface area contributed by atoms with Gasteiger partial charge in [0.1, 0.15) is 0 Å². The van der Waals surface area contributed by atoms with Crippen molar-refractivity contribution in [2.75, 3.05) is 5.73 Å². The van der Waals surface area contributed by atoms with E-state index in [4.69, 9.17) is 5.73 Å². The second-order valence-electron chi connectivity index (χ2n) is 7.03. The molecule has 3 heteroatoms. The third-order valence-corrected chi connectivity index (χ3v) is 5.05. The Balaban J connectivity index is 1.74. The largest absolute Gasteiger partial charge is 0.399 e. The molecule has 2 saturated carbocycles. The van der Waals surface area contributed by atoms with E-state index in [9.17, 15) is 4.79 Å². The molecule has 1 aromatic carbocycles. The Kier molecular flexibility index (Phi) is 3.92. The Labute approximate surface area is 127 Å². The summed E-state index contributed by atoms with van der Waals surface area (Å²) in [5.41, 5.74) is 7.58. The van der Waals surface area contributed by atoms with E-state index in [1.165, 1.54) is 24.8 Å². The van der Waals surface area contributed by atoms with Crippen molar-refractivity contribution in [3.05, 3.63) is 29.8 Å². The Bertz CT molecular complexity index is 498. The average Bonchev–Trinajstić information content (AvgIpc) is 3.31. The van der Waals surface area contributed by atoms with Crippen LogP contribution in [0.1, 0.15) is 57.4 Å². The summed E-state index contributed by atoms with van der Waals surface area (Å²) < 4.78 is 0. The lowest BCUT2D eigenvalue weighted by Crippen LogP contribution is -2.44. The van der Waals surface area contributed by atoms with Gasteiger partial charge in [-0.15, -0.1) is 0 Å². The first-order valence-electron chi connectivity index (χ1n) is 8.24. The number of nitrogen functional groups attached to an aromatic ring is 1. The molecule has 2 fully saturated rings. The lowest BCUT2D eigenvalue weighted by Gasteiger charge is -2.37. The van der Waals surface area contributed by atoms with Crippen molar-refractivity contribution in [2.45, 2.75) is 64.5 Å². The minimum atomic E-state index is -0.130. The first kappa shape index (κ1) is 14.4. The van der Waals surface area contributed by atoms with Gasteiger partial charge in [-0.3, -0.25) is 4.79 Å². The fourth-order valence-electron chi connectivity index (χ4n) is 3.47. The number of nitrogens with zero attached hydrogens (tertiary/aromatic N) is 1. The van der Waals surface area contributed by atoms with Crippen LogP contribution in [-0.2, 0) is 11.3 Å². The van der Waals surface area contributed by atoms with Gasteiger partial charge in [-0.25, -0.2) is 0 Å². The second kappa shape index (κ2) is 5.70. The maximum atomic E-state index is 13.1. The van der Waals surface area contributed by atoms with Crippen molar-refractivity contribution >= 4 is 11.6 Å². The monoisotopic (exact) mass is 286 g/mol. The molecule has 2 aliphatic rings. The molecular formula is C18H26N2O. The first-order chi connectivity index (χ1) is 10.1. The van der Waals surface area contributed by atoms with E-state index >= 15 is 0 Å². The maximum Gasteiger partial charge on any atom is 0.229 e. The zero-order chi connectivity index (χ0) is 14.9. The van der Waals surface area contributed by atoms with Gasteiger partial charge in [-0.2, -0.15) is 0 Å². The van der Waals surface area contributed by atoms with Crippen molar-refractivity contribution in [1.29, 1.82) is 0 Å². The van der Waals surface area contributed by atoms with Crippen molar-refractivity contribution in [3.8, 4) is 0 Å². The zero-order valence-corrected chi connectivity index (χ0v) is 13.0. The molecule has 0 heterocycles. The highest BCUT2D eigenvalue weighted by Crippen LogP contribution is 2.40. The van der Waals surface area contributed by atoms with Crippen LogP contribution in [0.15, 0.2) is 24.3 Å². The lowest BCUT2D eigenvalue weighted by molar-refractivity contribution is -0.144. The van der Waals surface area contributed by atoms with E-state index in [1.807, 2.05) is 24.3 Å². The van der Waals surface area contributed by atoms with Crippen LogP contribution in [0.4, 0.5) is 5.69 Å². The number of carbonyl (C=O) groups is 1. The summed E-state index contributed by atoms with van der Waals surface area (Å²) in [5.74, 6) is 0.376. The fraction of sp³-hybridized carbons (Fsp3) is 0.611. The standard InChI is InChI=1S/C18H26N2O/c1-18(11-3-2-4-12-18)17(21)20(16-9-10-16)13-14-5-7-15(19)8-6-14/h5-8,16H,2-4,9-13,19H2,1H3. The summed E-state index contributed by atoms with van der Waals surface area (Å²) >= 11 is 0. The first-order valence-corrected chi connectivity index (χ1v) is 8.24. The molecule has 0 unspecified atom stereocenters. The van der Waals surface area contributed by atoms with E-state index in [0.717, 1.165) is 37.9 Å². The summed E-state index contributed by atoms with van der Waals surface area (Å²) in [6.45, 7) is 2.91. The highest BCUT2D eigenvalue weighted by Gasteiger charge is 2.42. The minimum Gasteiger partial charge on any atom is -0.399 e. The molecule has 0 atom stereocenters. The van der Waals surface area contributed by atoms with Gasteiger partial charge in [-0.1, -0.05) is 38.3 Å². The Hall–Kier alpha value is -1.51. The molecule has 1 aromatic rings. The Morgan fingerprint density at radius 3 is 2.38 bits per heavy atom. The smallest absolute Gasteiger partial charge is 0.229 e. The van der Waals surface area contributed by atoms with Gasteiger partial charge < -0.3 is 10.6 Å². The van der Waals surface area contributed by atoms with Gasteiger partial charge in [0.25, 0.3) is 0 Å². The van der Waals surface area contributed by atoms with Gasteiger partial charge in [0.15, 0.2) is 0 Å². The van der Waals surface area contributed by atoms with Gasteiger partial charge in [0.05, 0.1) is 0 Å². The van der Waals surface area contributed by atoms with E-state index in [1.54, 1.807) is 0 Å². The molecule has 0 bridgehead atoms. The number of carbonyl (C=O) groups excluding carboxylic acids is 1. The van der Waals surface area contributed by atoms with Gasteiger partial charge in [0.2, 0.25) is 5.91 Å². The Morgan fingerprint density at radius 2 is 1.81 bits per heavy atom. The number of benzene rings is 1. The average molecular weight is 286 g/mol. The number of nitrogens with two attached hydrogens (primary N) is 1. The topological polar surface area (TPSA) is 46.3 Å². The van der Waals surface area contributed by atoms with Crippen LogP contribution >= 0.6 is 0 Å². The molecule has 0 aliphatic heterocycles. The van der Waals surface area contributed by atoms with Crippen LogP contribution in [0.5, 0.6) is 0 Å². The number of hydrogen-bond donors (Lipinski definition) is 1. The van der Waals surface area contributed by atoms with Crippen LogP contribution in [0.2, 0.25) is 0 Å². The van der Waals surface area contributed by atoms with Crippen LogP contribution in [-0.4, -0.2) is 16.8 Å². The molecule has 2 aliphatic carbocycles. The normalized spacial score (nSPS) is 21.0. The van der Waals surface area contributed by atoms with E-state index in [2.05, 4.69) is 11.8 Å². The molecule has 0 spiro atoms. The summed E-state index contributed by atoms with van der Waals surface area (Å²) in [5, 5.41) is 0. The zero-order valence-electron chi connectivity index (χ0n) is 13.0. The predicted octanol–water partition coefficient (Wildman–Crippen LogP) is 3.73. The molecule has 2 N–H and O–H groups in total. The number of rotatable bonds is 4. The highest BCUT2D eigenvalue weighted by atomic mass is 16.2. The molecule has 3 nitrogen and oxygen atoms in total. The molecule has 3 rings (SSSR count). The number of anilines is 1. The van der Waals surface area contributed by atoms with Crippen LogP contribution in [0.3, 0.4) is 0 Å². The molecule has 0 aromatic heterocycles. The van der Waals surface area contributed by atoms with Crippen molar-refractivity contribution in [3.63, 3.8) is 0 Å². The second-order valence-corrected chi connectivity index (χ2v) is 7.03.